The van der Waals surface area contributed by atoms with Gasteiger partial charge in [0.1, 0.15) is 6.61 Å². The number of carbonyl (C=O) groups is 3. The smallest absolute Gasteiger partial charge is 0.335 e. The van der Waals surface area contributed by atoms with Gasteiger partial charge in [-0.05, 0) is 61.3 Å². The van der Waals surface area contributed by atoms with Gasteiger partial charge in [0.25, 0.3) is 0 Å². The molecular weight excluding hydrogens is 576 g/mol. The highest BCUT2D eigenvalue weighted by Gasteiger charge is 2.14. The summed E-state index contributed by atoms with van der Waals surface area (Å²) in [6.45, 7) is 20.1. The Balaban J connectivity index is 0.000000575. The van der Waals surface area contributed by atoms with Crippen LogP contribution in [0.3, 0.4) is 0 Å². The van der Waals surface area contributed by atoms with Crippen molar-refractivity contribution in [2.24, 2.45) is 11.8 Å². The predicted octanol–water partition coefficient (Wildman–Crippen LogP) is 9.74. The van der Waals surface area contributed by atoms with Crippen LogP contribution in [0.15, 0.2) is 136 Å². The minimum Gasteiger partial charge on any atom is -0.478 e. The van der Waals surface area contributed by atoms with Gasteiger partial charge in [0.15, 0.2) is 0 Å². The Kier molecular flexibility index (Phi) is 24.6. The third kappa shape index (κ3) is 21.7. The lowest BCUT2D eigenvalue weighted by Gasteiger charge is -2.20. The normalized spacial score (nSPS) is 14.2. The van der Waals surface area contributed by atoms with Gasteiger partial charge in [-0.3, -0.25) is 0 Å². The van der Waals surface area contributed by atoms with Crippen molar-refractivity contribution in [3.8, 4) is 0 Å². The number of carboxylic acids is 1. The number of allylic oxidation sites excluding steroid dienone is 6. The van der Waals surface area contributed by atoms with Crippen molar-refractivity contribution >= 4 is 24.0 Å². The van der Waals surface area contributed by atoms with Crippen molar-refractivity contribution in [1.29, 1.82) is 0 Å². The molecule has 2 aliphatic rings. The maximum atomic E-state index is 10.7. The van der Waals surface area contributed by atoms with Crippen LogP contribution < -0.4 is 0 Å². The van der Waals surface area contributed by atoms with Crippen LogP contribution in [0.1, 0.15) is 66.9 Å². The fourth-order valence-corrected chi connectivity index (χ4v) is 3.94. The molecule has 0 spiro atoms. The fourth-order valence-electron chi connectivity index (χ4n) is 3.94. The first kappa shape index (κ1) is 41.0. The summed E-state index contributed by atoms with van der Waals surface area (Å²) in [5, 5.41) is 8.52. The third-order valence-corrected chi connectivity index (χ3v) is 6.45. The highest BCUT2D eigenvalue weighted by Crippen LogP contribution is 2.23. The monoisotopic (exact) mass is 626 g/mol. The van der Waals surface area contributed by atoms with Crippen molar-refractivity contribution in [3.05, 3.63) is 153 Å². The summed E-state index contributed by atoms with van der Waals surface area (Å²) in [6.07, 6.45) is 23.7. The second kappa shape index (κ2) is 27.6. The van der Waals surface area contributed by atoms with Gasteiger partial charge >= 0.3 is 17.9 Å². The minimum atomic E-state index is -0.902. The summed E-state index contributed by atoms with van der Waals surface area (Å²) >= 11 is 0. The Bertz CT molecular complexity index is 1250. The molecule has 0 heterocycles. The number of rotatable bonds is 9. The lowest BCUT2D eigenvalue weighted by molar-refractivity contribution is -0.140. The summed E-state index contributed by atoms with van der Waals surface area (Å²) in [7, 11) is 0. The molecule has 0 amide bonds. The molecule has 46 heavy (non-hydrogen) atoms. The Morgan fingerprint density at radius 2 is 1.41 bits per heavy atom. The van der Waals surface area contributed by atoms with Crippen molar-refractivity contribution in [2.45, 2.75) is 52.1 Å². The first-order valence-electron chi connectivity index (χ1n) is 15.3. The molecule has 0 aliphatic heterocycles. The minimum absolute atomic E-state index is 0.291. The number of benzene rings is 2. The molecule has 1 saturated carbocycles. The molecule has 0 radical (unpaired) electrons. The van der Waals surface area contributed by atoms with E-state index in [9.17, 15) is 14.4 Å². The van der Waals surface area contributed by atoms with E-state index in [0.29, 0.717) is 30.6 Å². The van der Waals surface area contributed by atoms with Gasteiger partial charge in [0.2, 0.25) is 0 Å². The van der Waals surface area contributed by atoms with Gasteiger partial charge in [-0.15, -0.1) is 13.2 Å². The molecule has 0 saturated heterocycles. The van der Waals surface area contributed by atoms with E-state index in [-0.39, 0.29) is 11.9 Å². The number of hydrogen-bond donors (Lipinski definition) is 1. The summed E-state index contributed by atoms with van der Waals surface area (Å²) in [5.41, 5.74) is 2.21. The van der Waals surface area contributed by atoms with E-state index in [1.807, 2.05) is 43.3 Å². The molecule has 6 heteroatoms. The van der Waals surface area contributed by atoms with Crippen LogP contribution in [0.4, 0.5) is 0 Å². The SMILES string of the molecule is C=CC.C=CC(=O)OCC1CCCCC1.C=CC(=O)OCc1ccccc1.C=CC1C=CC=CC1.C=Cc1ccc(C(=O)O)cc1. The third-order valence-electron chi connectivity index (χ3n) is 6.45. The molecule has 4 rings (SSSR count). The van der Waals surface area contributed by atoms with Gasteiger partial charge in [-0.1, -0.05) is 124 Å². The van der Waals surface area contributed by atoms with E-state index in [1.54, 1.807) is 36.4 Å². The zero-order valence-electron chi connectivity index (χ0n) is 27.2. The molecule has 2 aromatic rings. The summed E-state index contributed by atoms with van der Waals surface area (Å²) in [4.78, 5) is 31.7. The van der Waals surface area contributed by atoms with Gasteiger partial charge < -0.3 is 14.6 Å². The quantitative estimate of drug-likeness (QED) is 0.169. The first-order chi connectivity index (χ1) is 22.2. The topological polar surface area (TPSA) is 89.9 Å². The lowest BCUT2D eigenvalue weighted by Crippen LogP contribution is -2.15. The molecule has 1 fully saturated rings. The maximum absolute atomic E-state index is 10.7. The molecule has 1 unspecified atom stereocenters. The van der Waals surface area contributed by atoms with E-state index in [0.717, 1.165) is 23.6 Å². The predicted molar refractivity (Wildman–Crippen MR) is 190 cm³/mol. The Hall–Kier alpha value is -4.97. The van der Waals surface area contributed by atoms with Gasteiger partial charge in [0.05, 0.1) is 12.2 Å². The standard InChI is InChI=1S/C10H16O2.C10H10O2.C9H8O2.C8H10.C3H6/c2*1-2-10(11)12-8-9-6-4-3-5-7-9;1-2-7-3-5-8(6-4-7)9(10)11;1-2-8-6-4-3-5-7-8;1-3-2/h2,9H,1,3-8H2;2-7H,1,8H2;2-6H,1H2,(H,10,11);2-6,8H,1,7H2;3H,1H2,2H3. The van der Waals surface area contributed by atoms with Gasteiger partial charge in [-0.2, -0.15) is 0 Å². The fraction of sp³-hybridized carbons (Fsp3) is 0.275. The molecule has 0 bridgehead atoms. The second-order valence-electron chi connectivity index (χ2n) is 10.1. The first-order valence-corrected chi connectivity index (χ1v) is 15.3. The van der Waals surface area contributed by atoms with E-state index >= 15 is 0 Å². The van der Waals surface area contributed by atoms with Crippen LogP contribution in [0.2, 0.25) is 0 Å². The highest BCUT2D eigenvalue weighted by molar-refractivity contribution is 5.87. The van der Waals surface area contributed by atoms with Crippen LogP contribution >= 0.6 is 0 Å². The van der Waals surface area contributed by atoms with Gasteiger partial charge in [0, 0.05) is 12.2 Å². The lowest BCUT2D eigenvalue weighted by atomic mass is 9.90. The zero-order chi connectivity index (χ0) is 34.4. The van der Waals surface area contributed by atoms with E-state index in [2.05, 4.69) is 57.2 Å². The van der Waals surface area contributed by atoms with Crippen LogP contribution in [-0.4, -0.2) is 29.6 Å². The van der Waals surface area contributed by atoms with Crippen LogP contribution in [-0.2, 0) is 25.7 Å². The Morgan fingerprint density at radius 3 is 1.87 bits per heavy atom. The van der Waals surface area contributed by atoms with Crippen molar-refractivity contribution in [3.63, 3.8) is 0 Å². The molecule has 1 atom stereocenters. The van der Waals surface area contributed by atoms with E-state index in [1.165, 1.54) is 38.2 Å². The van der Waals surface area contributed by atoms with Crippen molar-refractivity contribution < 1.29 is 29.0 Å². The Labute approximate surface area is 275 Å². The van der Waals surface area contributed by atoms with Crippen molar-refractivity contribution in [1.82, 2.24) is 0 Å². The number of aromatic carboxylic acids is 1. The van der Waals surface area contributed by atoms with Crippen LogP contribution in [0.25, 0.3) is 6.08 Å². The molecule has 246 valence electrons. The molecule has 2 aliphatic carbocycles. The highest BCUT2D eigenvalue weighted by atomic mass is 16.5. The van der Waals surface area contributed by atoms with Crippen LogP contribution in [0.5, 0.6) is 0 Å². The number of ether oxygens (including phenoxy) is 2. The molecule has 6 nitrogen and oxygen atoms in total. The molecule has 0 aromatic heterocycles. The molecular formula is C40H50O6. The number of carboxylic acid groups (broad SMARTS) is 1. The van der Waals surface area contributed by atoms with Crippen LogP contribution in [0, 0.1) is 11.8 Å². The summed E-state index contributed by atoms with van der Waals surface area (Å²) in [6, 6.07) is 16.1. The average Bonchev–Trinajstić information content (AvgIpc) is 3.12. The molecule has 2 aromatic carbocycles. The summed E-state index contributed by atoms with van der Waals surface area (Å²) < 4.78 is 9.79. The van der Waals surface area contributed by atoms with Gasteiger partial charge in [-0.25, -0.2) is 14.4 Å². The Morgan fingerprint density at radius 1 is 0.826 bits per heavy atom. The number of hydrogen-bond acceptors (Lipinski definition) is 5. The number of esters is 2. The second-order valence-corrected chi connectivity index (χ2v) is 10.1. The zero-order valence-corrected chi connectivity index (χ0v) is 27.2. The summed E-state index contributed by atoms with van der Waals surface area (Å²) in [5.74, 6) is -0.400. The molecule has 1 N–H and O–H groups in total. The van der Waals surface area contributed by atoms with Crippen molar-refractivity contribution in [2.75, 3.05) is 6.61 Å². The number of carbonyl (C=O) groups excluding carboxylic acids is 2. The maximum Gasteiger partial charge on any atom is 0.335 e. The largest absolute Gasteiger partial charge is 0.478 e. The van der Waals surface area contributed by atoms with E-state index in [4.69, 9.17) is 14.6 Å². The van der Waals surface area contributed by atoms with E-state index < -0.39 is 5.97 Å². The average molecular weight is 627 g/mol.